The molecular weight excluding hydrogens is 162 g/mol. The van der Waals surface area contributed by atoms with Crippen LogP contribution in [-0.2, 0) is 4.74 Å². The molecular formula is C11H21NO. The predicted octanol–water partition coefficient (Wildman–Crippen LogP) is 1.95. The normalized spacial score (nSPS) is 29.1. The summed E-state index contributed by atoms with van der Waals surface area (Å²) in [5.74, 6) is 0.916. The van der Waals surface area contributed by atoms with Crippen molar-refractivity contribution in [2.75, 3.05) is 19.8 Å². The van der Waals surface area contributed by atoms with Gasteiger partial charge < -0.3 is 10.1 Å². The van der Waals surface area contributed by atoms with E-state index in [1.54, 1.807) is 0 Å². The van der Waals surface area contributed by atoms with Gasteiger partial charge in [-0.3, -0.25) is 0 Å². The second kappa shape index (κ2) is 4.97. The minimum atomic E-state index is 0.743. The van der Waals surface area contributed by atoms with Crippen LogP contribution >= 0.6 is 0 Å². The lowest BCUT2D eigenvalue weighted by molar-refractivity contribution is 0.112. The Morgan fingerprint density at radius 2 is 2.08 bits per heavy atom. The zero-order chi connectivity index (χ0) is 8.93. The van der Waals surface area contributed by atoms with Crippen LogP contribution in [0.15, 0.2) is 0 Å². The lowest BCUT2D eigenvalue weighted by atomic mass is 10.0. The highest BCUT2D eigenvalue weighted by atomic mass is 16.5. The van der Waals surface area contributed by atoms with Crippen LogP contribution in [0.3, 0.4) is 0 Å². The lowest BCUT2D eigenvalue weighted by Gasteiger charge is -2.23. The molecule has 0 spiro atoms. The highest BCUT2D eigenvalue weighted by Crippen LogP contribution is 2.28. The van der Waals surface area contributed by atoms with E-state index in [0.717, 1.165) is 25.2 Å². The van der Waals surface area contributed by atoms with Gasteiger partial charge in [0, 0.05) is 19.3 Å². The van der Waals surface area contributed by atoms with E-state index in [-0.39, 0.29) is 0 Å². The Morgan fingerprint density at radius 3 is 2.77 bits per heavy atom. The Morgan fingerprint density at radius 1 is 1.15 bits per heavy atom. The predicted molar refractivity (Wildman–Crippen MR) is 53.8 cm³/mol. The van der Waals surface area contributed by atoms with Crippen molar-refractivity contribution in [1.82, 2.24) is 5.32 Å². The minimum Gasteiger partial charge on any atom is -0.381 e. The summed E-state index contributed by atoms with van der Waals surface area (Å²) in [6, 6.07) is 0.743. The van der Waals surface area contributed by atoms with Gasteiger partial charge in [-0.15, -0.1) is 0 Å². The summed E-state index contributed by atoms with van der Waals surface area (Å²) in [6.07, 6.45) is 8.14. The molecule has 1 aliphatic carbocycles. The minimum absolute atomic E-state index is 0.743. The van der Waals surface area contributed by atoms with E-state index in [1.807, 2.05) is 0 Å². The van der Waals surface area contributed by atoms with Gasteiger partial charge in [0.25, 0.3) is 0 Å². The molecule has 1 N–H and O–H groups in total. The summed E-state index contributed by atoms with van der Waals surface area (Å²) in [4.78, 5) is 0. The van der Waals surface area contributed by atoms with Crippen molar-refractivity contribution in [2.45, 2.75) is 44.6 Å². The van der Waals surface area contributed by atoms with Crippen LogP contribution in [0.25, 0.3) is 0 Å². The average Bonchev–Trinajstić information content (AvgIpc) is 2.98. The SMILES string of the molecule is C1CCC(CCOCC2CC2)NC1. The smallest absolute Gasteiger partial charge is 0.0494 e. The van der Waals surface area contributed by atoms with E-state index in [2.05, 4.69) is 5.32 Å². The monoisotopic (exact) mass is 183 g/mol. The Kier molecular flexibility index (Phi) is 3.62. The summed E-state index contributed by atoms with van der Waals surface area (Å²) in [5.41, 5.74) is 0. The Bertz CT molecular complexity index is 139. The average molecular weight is 183 g/mol. The highest BCUT2D eigenvalue weighted by Gasteiger charge is 2.21. The quantitative estimate of drug-likeness (QED) is 0.658. The Balaban J connectivity index is 1.46. The number of hydrogen-bond donors (Lipinski definition) is 1. The summed E-state index contributed by atoms with van der Waals surface area (Å²) in [5, 5.41) is 3.54. The molecule has 13 heavy (non-hydrogen) atoms. The molecule has 1 heterocycles. The standard InChI is InChI=1S/C11H21NO/c1-2-7-12-11(3-1)6-8-13-9-10-4-5-10/h10-12H,1-9H2. The van der Waals surface area contributed by atoms with Crippen molar-refractivity contribution in [3.8, 4) is 0 Å². The number of nitrogens with one attached hydrogen (secondary N) is 1. The fraction of sp³-hybridized carbons (Fsp3) is 1.00. The number of ether oxygens (including phenoxy) is 1. The van der Waals surface area contributed by atoms with Gasteiger partial charge in [-0.05, 0) is 44.6 Å². The zero-order valence-electron chi connectivity index (χ0n) is 8.43. The van der Waals surface area contributed by atoms with Crippen LogP contribution in [-0.4, -0.2) is 25.8 Å². The zero-order valence-corrected chi connectivity index (χ0v) is 8.43. The van der Waals surface area contributed by atoms with Crippen LogP contribution in [0.2, 0.25) is 0 Å². The van der Waals surface area contributed by atoms with Gasteiger partial charge in [-0.1, -0.05) is 6.42 Å². The third kappa shape index (κ3) is 3.65. The first kappa shape index (κ1) is 9.47. The maximum atomic E-state index is 5.62. The highest BCUT2D eigenvalue weighted by molar-refractivity contribution is 4.73. The lowest BCUT2D eigenvalue weighted by Crippen LogP contribution is -2.34. The summed E-state index contributed by atoms with van der Waals surface area (Å²) < 4.78 is 5.62. The largest absolute Gasteiger partial charge is 0.381 e. The second-order valence-electron chi connectivity index (χ2n) is 4.45. The van der Waals surface area contributed by atoms with Crippen molar-refractivity contribution in [3.63, 3.8) is 0 Å². The van der Waals surface area contributed by atoms with Crippen LogP contribution in [0.5, 0.6) is 0 Å². The van der Waals surface area contributed by atoms with Crippen molar-refractivity contribution < 1.29 is 4.74 Å². The van der Waals surface area contributed by atoms with Gasteiger partial charge in [0.15, 0.2) is 0 Å². The molecule has 1 unspecified atom stereocenters. The first-order chi connectivity index (χ1) is 6.45. The molecule has 0 radical (unpaired) electrons. The van der Waals surface area contributed by atoms with E-state index >= 15 is 0 Å². The van der Waals surface area contributed by atoms with Gasteiger partial charge in [-0.25, -0.2) is 0 Å². The van der Waals surface area contributed by atoms with Crippen molar-refractivity contribution >= 4 is 0 Å². The molecule has 0 aromatic carbocycles. The van der Waals surface area contributed by atoms with Gasteiger partial charge in [0.05, 0.1) is 0 Å². The molecule has 0 aromatic rings. The second-order valence-corrected chi connectivity index (χ2v) is 4.45. The molecule has 1 saturated carbocycles. The molecule has 1 saturated heterocycles. The number of hydrogen-bond acceptors (Lipinski definition) is 2. The molecule has 1 atom stereocenters. The van der Waals surface area contributed by atoms with Crippen LogP contribution < -0.4 is 5.32 Å². The van der Waals surface area contributed by atoms with E-state index in [0.29, 0.717) is 0 Å². The van der Waals surface area contributed by atoms with Gasteiger partial charge in [0.2, 0.25) is 0 Å². The van der Waals surface area contributed by atoms with Crippen LogP contribution in [0.4, 0.5) is 0 Å². The summed E-state index contributed by atoms with van der Waals surface area (Å²) in [6.45, 7) is 3.20. The maximum Gasteiger partial charge on any atom is 0.0494 e. The molecule has 2 nitrogen and oxygen atoms in total. The summed E-state index contributed by atoms with van der Waals surface area (Å²) in [7, 11) is 0. The summed E-state index contributed by atoms with van der Waals surface area (Å²) >= 11 is 0. The molecule has 0 aromatic heterocycles. The first-order valence-corrected chi connectivity index (χ1v) is 5.76. The van der Waals surface area contributed by atoms with E-state index in [9.17, 15) is 0 Å². The fourth-order valence-corrected chi connectivity index (χ4v) is 1.93. The number of rotatable bonds is 5. The molecule has 0 amide bonds. The van der Waals surface area contributed by atoms with Crippen LogP contribution in [0.1, 0.15) is 38.5 Å². The van der Waals surface area contributed by atoms with Gasteiger partial charge >= 0.3 is 0 Å². The molecule has 2 heteroatoms. The van der Waals surface area contributed by atoms with Crippen molar-refractivity contribution in [1.29, 1.82) is 0 Å². The third-order valence-electron chi connectivity index (χ3n) is 3.07. The Hall–Kier alpha value is -0.0800. The topological polar surface area (TPSA) is 21.3 Å². The van der Waals surface area contributed by atoms with Crippen LogP contribution in [0, 0.1) is 5.92 Å². The number of piperidine rings is 1. The van der Waals surface area contributed by atoms with Gasteiger partial charge in [0.1, 0.15) is 0 Å². The van der Waals surface area contributed by atoms with Crippen molar-refractivity contribution in [2.24, 2.45) is 5.92 Å². The van der Waals surface area contributed by atoms with Gasteiger partial charge in [-0.2, -0.15) is 0 Å². The first-order valence-electron chi connectivity index (χ1n) is 5.76. The molecule has 1 aliphatic heterocycles. The molecule has 0 bridgehead atoms. The van der Waals surface area contributed by atoms with E-state index in [4.69, 9.17) is 4.74 Å². The van der Waals surface area contributed by atoms with E-state index in [1.165, 1.54) is 45.1 Å². The maximum absolute atomic E-state index is 5.62. The van der Waals surface area contributed by atoms with E-state index < -0.39 is 0 Å². The molecule has 2 fully saturated rings. The molecule has 2 aliphatic rings. The fourth-order valence-electron chi connectivity index (χ4n) is 1.93. The molecule has 76 valence electrons. The molecule has 2 rings (SSSR count). The Labute approximate surface area is 81.0 Å². The van der Waals surface area contributed by atoms with Crippen molar-refractivity contribution in [3.05, 3.63) is 0 Å². The third-order valence-corrected chi connectivity index (χ3v) is 3.07.